The largest absolute Gasteiger partial charge is 0.359 e. The van der Waals surface area contributed by atoms with E-state index in [9.17, 15) is 13.2 Å². The molecule has 0 spiro atoms. The Hall–Kier alpha value is -0.310. The number of thioether (sulfide) groups is 1. The molecule has 0 aliphatic carbocycles. The Bertz CT molecular complexity index is 400. The highest BCUT2D eigenvalue weighted by Gasteiger charge is 2.36. The van der Waals surface area contributed by atoms with Gasteiger partial charge in [0.15, 0.2) is 9.84 Å². The molecule has 112 valence electrons. The van der Waals surface area contributed by atoms with Crippen molar-refractivity contribution in [3.8, 4) is 0 Å². The van der Waals surface area contributed by atoms with E-state index in [0.29, 0.717) is 12.3 Å². The summed E-state index contributed by atoms with van der Waals surface area (Å²) in [6.07, 6.45) is 0.243. The van der Waals surface area contributed by atoms with Crippen LogP contribution in [0.15, 0.2) is 0 Å². The molecule has 6 nitrogen and oxygen atoms in total. The molecule has 0 radical (unpaired) electrons. The number of carbonyl (C=O) groups is 1. The first-order chi connectivity index (χ1) is 8.96. The molecule has 0 saturated carbocycles. The van der Waals surface area contributed by atoms with Gasteiger partial charge in [0.05, 0.1) is 0 Å². The van der Waals surface area contributed by atoms with Crippen LogP contribution in [0, 0.1) is 0 Å². The molecule has 1 rings (SSSR count). The number of hydrogen-bond donors (Lipinski definition) is 2. The monoisotopic (exact) mass is 309 g/mol. The molecule has 1 fully saturated rings. The van der Waals surface area contributed by atoms with E-state index in [1.54, 1.807) is 25.7 Å². The molecular formula is C11H23N3O3S2. The fourth-order valence-corrected chi connectivity index (χ4v) is 5.26. The van der Waals surface area contributed by atoms with Gasteiger partial charge in [0.2, 0.25) is 5.91 Å². The Morgan fingerprint density at radius 3 is 2.79 bits per heavy atom. The Morgan fingerprint density at radius 2 is 2.26 bits per heavy atom. The standard InChI is InChI=1S/C11H23N3O3S2/c1-3-19(16,17)11-8-18-5-4-14(11)9(7-12)6-10(15)13-2/h9,11H,3-8,12H2,1-2H3,(H,13,15). The average Bonchev–Trinajstić information content (AvgIpc) is 2.44. The van der Waals surface area contributed by atoms with Gasteiger partial charge in [0.25, 0.3) is 0 Å². The van der Waals surface area contributed by atoms with E-state index in [4.69, 9.17) is 5.73 Å². The van der Waals surface area contributed by atoms with Gasteiger partial charge in [-0.1, -0.05) is 6.92 Å². The molecular weight excluding hydrogens is 286 g/mol. The first-order valence-electron chi connectivity index (χ1n) is 6.42. The molecule has 1 amide bonds. The zero-order chi connectivity index (χ0) is 14.5. The smallest absolute Gasteiger partial charge is 0.221 e. The second kappa shape index (κ2) is 7.47. The fourth-order valence-electron chi connectivity index (χ4n) is 2.17. The number of sulfone groups is 1. The molecule has 8 heteroatoms. The number of rotatable bonds is 6. The molecule has 0 aromatic carbocycles. The van der Waals surface area contributed by atoms with Crippen LogP contribution in [-0.2, 0) is 14.6 Å². The Kier molecular flexibility index (Phi) is 6.58. The van der Waals surface area contributed by atoms with Gasteiger partial charge in [0.1, 0.15) is 5.37 Å². The summed E-state index contributed by atoms with van der Waals surface area (Å²) < 4.78 is 24.3. The molecule has 0 bridgehead atoms. The zero-order valence-corrected chi connectivity index (χ0v) is 13.1. The lowest BCUT2D eigenvalue weighted by Gasteiger charge is -2.39. The highest BCUT2D eigenvalue weighted by atomic mass is 32.2. The van der Waals surface area contributed by atoms with Crippen LogP contribution in [0.4, 0.5) is 0 Å². The molecule has 0 aromatic rings. The van der Waals surface area contributed by atoms with Crippen molar-refractivity contribution in [2.24, 2.45) is 5.73 Å². The Balaban J connectivity index is 2.88. The molecule has 1 aliphatic heterocycles. The van der Waals surface area contributed by atoms with E-state index in [-0.39, 0.29) is 30.7 Å². The van der Waals surface area contributed by atoms with Crippen LogP contribution in [-0.4, -0.2) is 68.0 Å². The van der Waals surface area contributed by atoms with Crippen molar-refractivity contribution in [3.05, 3.63) is 0 Å². The van der Waals surface area contributed by atoms with Gasteiger partial charge in [-0.2, -0.15) is 11.8 Å². The molecule has 1 heterocycles. The van der Waals surface area contributed by atoms with Crippen molar-refractivity contribution in [3.63, 3.8) is 0 Å². The third-order valence-electron chi connectivity index (χ3n) is 3.38. The molecule has 2 atom stereocenters. The highest BCUT2D eigenvalue weighted by molar-refractivity contribution is 8.01. The van der Waals surface area contributed by atoms with Crippen LogP contribution in [0.3, 0.4) is 0 Å². The van der Waals surface area contributed by atoms with Crippen LogP contribution in [0.5, 0.6) is 0 Å². The molecule has 2 unspecified atom stereocenters. The Labute approximate surface area is 119 Å². The van der Waals surface area contributed by atoms with Crippen LogP contribution in [0.25, 0.3) is 0 Å². The SMILES string of the molecule is CCS(=O)(=O)C1CSCCN1C(CN)CC(=O)NC. The highest BCUT2D eigenvalue weighted by Crippen LogP contribution is 2.24. The van der Waals surface area contributed by atoms with Crippen molar-refractivity contribution in [1.29, 1.82) is 0 Å². The van der Waals surface area contributed by atoms with E-state index < -0.39 is 15.2 Å². The molecule has 19 heavy (non-hydrogen) atoms. The summed E-state index contributed by atoms with van der Waals surface area (Å²) in [5.41, 5.74) is 5.73. The molecule has 3 N–H and O–H groups in total. The predicted octanol–water partition coefficient (Wildman–Crippen LogP) is -0.741. The third kappa shape index (κ3) is 4.34. The summed E-state index contributed by atoms with van der Waals surface area (Å²) in [4.78, 5) is 13.4. The number of nitrogens with zero attached hydrogens (tertiary/aromatic N) is 1. The summed E-state index contributed by atoms with van der Waals surface area (Å²) in [7, 11) is -1.58. The van der Waals surface area contributed by atoms with Gasteiger partial charge in [-0.3, -0.25) is 9.69 Å². The van der Waals surface area contributed by atoms with Crippen molar-refractivity contribution < 1.29 is 13.2 Å². The van der Waals surface area contributed by atoms with Gasteiger partial charge in [-0.25, -0.2) is 8.42 Å². The van der Waals surface area contributed by atoms with Gasteiger partial charge < -0.3 is 11.1 Å². The summed E-state index contributed by atoms with van der Waals surface area (Å²) in [5.74, 6) is 1.44. The van der Waals surface area contributed by atoms with E-state index in [2.05, 4.69) is 5.32 Å². The Morgan fingerprint density at radius 1 is 1.58 bits per heavy atom. The van der Waals surface area contributed by atoms with Crippen molar-refractivity contribution in [1.82, 2.24) is 10.2 Å². The van der Waals surface area contributed by atoms with Crippen LogP contribution in [0.1, 0.15) is 13.3 Å². The molecule has 1 saturated heterocycles. The normalized spacial score (nSPS) is 23.0. The first kappa shape index (κ1) is 16.7. The minimum Gasteiger partial charge on any atom is -0.359 e. The number of amides is 1. The van der Waals surface area contributed by atoms with Gasteiger partial charge in [-0.15, -0.1) is 0 Å². The lowest BCUT2D eigenvalue weighted by molar-refractivity contribution is -0.121. The summed E-state index contributed by atoms with van der Waals surface area (Å²) in [6, 6.07) is -0.216. The first-order valence-corrected chi connectivity index (χ1v) is 9.29. The van der Waals surface area contributed by atoms with E-state index in [0.717, 1.165) is 5.75 Å². The van der Waals surface area contributed by atoms with Gasteiger partial charge in [0, 0.05) is 49.9 Å². The van der Waals surface area contributed by atoms with E-state index in [1.807, 2.05) is 4.90 Å². The number of hydrogen-bond acceptors (Lipinski definition) is 6. The minimum absolute atomic E-state index is 0.110. The second-order valence-corrected chi connectivity index (χ2v) is 8.08. The average molecular weight is 309 g/mol. The van der Waals surface area contributed by atoms with Crippen molar-refractivity contribution in [2.45, 2.75) is 24.8 Å². The van der Waals surface area contributed by atoms with Crippen molar-refractivity contribution in [2.75, 3.05) is 37.4 Å². The maximum Gasteiger partial charge on any atom is 0.221 e. The predicted molar refractivity (Wildman–Crippen MR) is 78.8 cm³/mol. The van der Waals surface area contributed by atoms with E-state index >= 15 is 0 Å². The molecule has 0 aromatic heterocycles. The maximum atomic E-state index is 12.1. The van der Waals surface area contributed by atoms with Crippen LogP contribution in [0.2, 0.25) is 0 Å². The third-order valence-corrected chi connectivity index (χ3v) is 6.69. The van der Waals surface area contributed by atoms with E-state index in [1.165, 1.54) is 0 Å². The fraction of sp³-hybridized carbons (Fsp3) is 0.909. The van der Waals surface area contributed by atoms with Crippen LogP contribution >= 0.6 is 11.8 Å². The molecule has 1 aliphatic rings. The second-order valence-electron chi connectivity index (χ2n) is 4.49. The summed E-state index contributed by atoms with van der Waals surface area (Å²) in [5, 5.41) is 2.04. The number of nitrogens with two attached hydrogens (primary N) is 1. The maximum absolute atomic E-state index is 12.1. The van der Waals surface area contributed by atoms with Gasteiger partial charge >= 0.3 is 0 Å². The summed E-state index contributed by atoms with van der Waals surface area (Å²) in [6.45, 7) is 2.60. The van der Waals surface area contributed by atoms with Gasteiger partial charge in [-0.05, 0) is 0 Å². The topological polar surface area (TPSA) is 92.5 Å². The minimum atomic E-state index is -3.15. The zero-order valence-electron chi connectivity index (χ0n) is 11.5. The van der Waals surface area contributed by atoms with Crippen molar-refractivity contribution >= 4 is 27.5 Å². The quantitative estimate of drug-likeness (QED) is 0.671. The lowest BCUT2D eigenvalue weighted by Crippen LogP contribution is -2.55. The van der Waals surface area contributed by atoms with Crippen LogP contribution < -0.4 is 11.1 Å². The number of nitrogens with one attached hydrogen (secondary N) is 1. The summed E-state index contributed by atoms with van der Waals surface area (Å²) >= 11 is 1.64. The number of carbonyl (C=O) groups excluding carboxylic acids is 1. The lowest BCUT2D eigenvalue weighted by atomic mass is 10.1.